The molecule has 1 amide bonds. The molecule has 0 saturated heterocycles. The number of carbonyl (C=O) groups excluding carboxylic acids is 2. The van der Waals surface area contributed by atoms with Crippen molar-refractivity contribution in [2.75, 3.05) is 31.0 Å². The molecule has 1 unspecified atom stereocenters. The van der Waals surface area contributed by atoms with E-state index < -0.39 is 6.04 Å². The van der Waals surface area contributed by atoms with Gasteiger partial charge in [0.2, 0.25) is 5.91 Å². The van der Waals surface area contributed by atoms with Gasteiger partial charge in [-0.1, -0.05) is 26.0 Å². The number of ketones is 1. The maximum Gasteiger partial charge on any atom is 0.239 e. The van der Waals surface area contributed by atoms with Crippen molar-refractivity contribution >= 4 is 23.1 Å². The Morgan fingerprint density at radius 1 is 1.11 bits per heavy atom. The number of anilines is 2. The van der Waals surface area contributed by atoms with Gasteiger partial charge in [0.25, 0.3) is 0 Å². The van der Waals surface area contributed by atoms with E-state index in [1.165, 1.54) is 0 Å². The molecular weight excluding hydrogens is 442 g/mol. The van der Waals surface area contributed by atoms with Crippen molar-refractivity contribution in [3.05, 3.63) is 59.3 Å². The SMILES string of the molecule is COc1ccc(OC)c(C2C3=C(CC(C)(C)CC3=O)Nc3ccccc3N2CC(=O)NC2CC2)c1. The predicted octanol–water partition coefficient (Wildman–Crippen LogP) is 4.60. The molecule has 0 spiro atoms. The Kier molecular flexibility index (Phi) is 5.95. The fourth-order valence-electron chi connectivity index (χ4n) is 5.26. The van der Waals surface area contributed by atoms with Gasteiger partial charge in [0, 0.05) is 29.3 Å². The summed E-state index contributed by atoms with van der Waals surface area (Å²) in [7, 11) is 3.24. The number of hydrogen-bond donors (Lipinski definition) is 2. The second-order valence-electron chi connectivity index (χ2n) is 10.5. The molecule has 1 saturated carbocycles. The van der Waals surface area contributed by atoms with Gasteiger partial charge in [0.15, 0.2) is 5.78 Å². The standard InChI is InChI=1S/C28H33N3O4/c1-28(2)14-21-26(23(32)15-28)27(19-13-18(34-3)11-12-24(19)35-4)31(16-25(33)29-17-9-10-17)22-8-6-5-7-20(22)30-21/h5-8,11-13,17,27,30H,9-10,14-16H2,1-4H3,(H,29,33). The lowest BCUT2D eigenvalue weighted by Gasteiger charge is -2.38. The molecule has 7 nitrogen and oxygen atoms in total. The lowest BCUT2D eigenvalue weighted by molar-refractivity contribution is -0.120. The van der Waals surface area contributed by atoms with E-state index in [4.69, 9.17) is 9.47 Å². The maximum absolute atomic E-state index is 13.8. The van der Waals surface area contributed by atoms with Crippen LogP contribution in [0.4, 0.5) is 11.4 Å². The minimum absolute atomic E-state index is 0.0539. The number of rotatable bonds is 6. The molecule has 1 aliphatic heterocycles. The number of Topliss-reactive ketones (excluding diaryl/α,β-unsaturated/α-hetero) is 1. The van der Waals surface area contributed by atoms with Crippen molar-refractivity contribution in [3.8, 4) is 11.5 Å². The fraction of sp³-hybridized carbons (Fsp3) is 0.429. The van der Waals surface area contributed by atoms with Crippen molar-refractivity contribution < 1.29 is 19.1 Å². The second kappa shape index (κ2) is 8.95. The number of nitrogens with zero attached hydrogens (tertiary/aromatic N) is 1. The zero-order chi connectivity index (χ0) is 24.7. The molecule has 1 fully saturated rings. The van der Waals surface area contributed by atoms with Crippen LogP contribution in [-0.2, 0) is 9.59 Å². The topological polar surface area (TPSA) is 79.9 Å². The molecule has 0 bridgehead atoms. The number of nitrogens with one attached hydrogen (secondary N) is 2. The summed E-state index contributed by atoms with van der Waals surface area (Å²) in [5, 5.41) is 6.70. The van der Waals surface area contributed by atoms with Crippen LogP contribution in [0.2, 0.25) is 0 Å². The van der Waals surface area contributed by atoms with E-state index >= 15 is 0 Å². The Morgan fingerprint density at radius 3 is 2.60 bits per heavy atom. The minimum atomic E-state index is -0.514. The molecule has 5 rings (SSSR count). The Morgan fingerprint density at radius 2 is 1.89 bits per heavy atom. The number of methoxy groups -OCH3 is 2. The highest BCUT2D eigenvalue weighted by Crippen LogP contribution is 2.50. The van der Waals surface area contributed by atoms with Crippen molar-refractivity contribution in [1.82, 2.24) is 5.32 Å². The van der Waals surface area contributed by atoms with Crippen molar-refractivity contribution in [3.63, 3.8) is 0 Å². The van der Waals surface area contributed by atoms with E-state index in [1.807, 2.05) is 47.4 Å². The van der Waals surface area contributed by atoms with Crippen LogP contribution in [0.3, 0.4) is 0 Å². The normalized spacial score (nSPS) is 20.9. The zero-order valence-electron chi connectivity index (χ0n) is 20.8. The summed E-state index contributed by atoms with van der Waals surface area (Å²) >= 11 is 0. The average molecular weight is 476 g/mol. The van der Waals surface area contributed by atoms with Gasteiger partial charge in [-0.15, -0.1) is 0 Å². The Bertz CT molecular complexity index is 1200. The van der Waals surface area contributed by atoms with E-state index in [9.17, 15) is 9.59 Å². The number of fused-ring (bicyclic) bond motifs is 1. The highest BCUT2D eigenvalue weighted by molar-refractivity contribution is 6.02. The molecule has 0 radical (unpaired) electrons. The van der Waals surface area contributed by atoms with Gasteiger partial charge in [0.1, 0.15) is 11.5 Å². The van der Waals surface area contributed by atoms with Crippen LogP contribution in [0.1, 0.15) is 51.1 Å². The lowest BCUT2D eigenvalue weighted by Crippen LogP contribution is -2.42. The summed E-state index contributed by atoms with van der Waals surface area (Å²) in [6, 6.07) is 13.3. The number of ether oxygens (including phenoxy) is 2. The molecule has 1 heterocycles. The van der Waals surface area contributed by atoms with E-state index in [2.05, 4.69) is 24.5 Å². The molecule has 2 aromatic rings. The number of allylic oxidation sites excluding steroid dienone is 1. The van der Waals surface area contributed by atoms with Crippen LogP contribution in [0.25, 0.3) is 0 Å². The molecule has 35 heavy (non-hydrogen) atoms. The van der Waals surface area contributed by atoms with Crippen LogP contribution in [0, 0.1) is 5.41 Å². The Labute approximate surface area is 206 Å². The quantitative estimate of drug-likeness (QED) is 0.636. The van der Waals surface area contributed by atoms with Crippen molar-refractivity contribution in [1.29, 1.82) is 0 Å². The number of benzene rings is 2. The number of para-hydroxylation sites is 2. The highest BCUT2D eigenvalue weighted by Gasteiger charge is 2.43. The summed E-state index contributed by atoms with van der Waals surface area (Å²) < 4.78 is 11.3. The number of carbonyl (C=O) groups is 2. The summed E-state index contributed by atoms with van der Waals surface area (Å²) in [5.41, 5.74) is 3.97. The molecule has 2 aromatic carbocycles. The van der Waals surface area contributed by atoms with Crippen LogP contribution >= 0.6 is 0 Å². The molecule has 0 aromatic heterocycles. The highest BCUT2D eigenvalue weighted by atomic mass is 16.5. The summed E-state index contributed by atoms with van der Waals surface area (Å²) in [5.74, 6) is 1.34. The Balaban J connectivity index is 1.73. The average Bonchev–Trinajstić information content (AvgIpc) is 3.64. The van der Waals surface area contributed by atoms with E-state index in [-0.39, 0.29) is 29.7 Å². The first-order chi connectivity index (χ1) is 16.8. The fourth-order valence-corrected chi connectivity index (χ4v) is 5.26. The third-order valence-electron chi connectivity index (χ3n) is 6.99. The van der Waals surface area contributed by atoms with Crippen molar-refractivity contribution in [2.24, 2.45) is 5.41 Å². The molecular formula is C28H33N3O4. The van der Waals surface area contributed by atoms with Gasteiger partial charge in [-0.2, -0.15) is 0 Å². The molecule has 2 N–H and O–H groups in total. The van der Waals surface area contributed by atoms with Crippen LogP contribution < -0.4 is 25.0 Å². The van der Waals surface area contributed by atoms with Crippen LogP contribution in [0.15, 0.2) is 53.7 Å². The van der Waals surface area contributed by atoms with Gasteiger partial charge >= 0.3 is 0 Å². The van der Waals surface area contributed by atoms with Crippen LogP contribution in [-0.4, -0.2) is 38.5 Å². The first-order valence-corrected chi connectivity index (χ1v) is 12.2. The van der Waals surface area contributed by atoms with E-state index in [1.54, 1.807) is 14.2 Å². The van der Waals surface area contributed by atoms with Gasteiger partial charge in [-0.05, 0) is 55.0 Å². The van der Waals surface area contributed by atoms with E-state index in [0.29, 0.717) is 23.5 Å². The maximum atomic E-state index is 13.8. The minimum Gasteiger partial charge on any atom is -0.497 e. The second-order valence-corrected chi connectivity index (χ2v) is 10.5. The zero-order valence-corrected chi connectivity index (χ0v) is 20.8. The van der Waals surface area contributed by atoms with E-state index in [0.717, 1.165) is 41.9 Å². The van der Waals surface area contributed by atoms with Crippen LogP contribution in [0.5, 0.6) is 11.5 Å². The summed E-state index contributed by atoms with van der Waals surface area (Å²) in [6.45, 7) is 4.36. The first kappa shape index (κ1) is 23.3. The summed E-state index contributed by atoms with van der Waals surface area (Å²) in [4.78, 5) is 29.0. The van der Waals surface area contributed by atoms with Gasteiger partial charge in [-0.3, -0.25) is 9.59 Å². The number of hydrogen-bond acceptors (Lipinski definition) is 6. The third-order valence-corrected chi connectivity index (χ3v) is 6.99. The summed E-state index contributed by atoms with van der Waals surface area (Å²) in [6.07, 6.45) is 3.20. The van der Waals surface area contributed by atoms with Gasteiger partial charge in [0.05, 0.1) is 38.2 Å². The Hall–Kier alpha value is -3.48. The monoisotopic (exact) mass is 475 g/mol. The molecule has 184 valence electrons. The molecule has 3 aliphatic rings. The smallest absolute Gasteiger partial charge is 0.239 e. The lowest BCUT2D eigenvalue weighted by atomic mass is 9.73. The third kappa shape index (κ3) is 4.59. The predicted molar refractivity (Wildman–Crippen MR) is 136 cm³/mol. The molecule has 2 aliphatic carbocycles. The number of amides is 1. The van der Waals surface area contributed by atoms with Gasteiger partial charge < -0.3 is 25.0 Å². The molecule has 1 atom stereocenters. The van der Waals surface area contributed by atoms with Crippen molar-refractivity contribution in [2.45, 2.75) is 51.6 Å². The largest absolute Gasteiger partial charge is 0.497 e. The van der Waals surface area contributed by atoms with Gasteiger partial charge in [-0.25, -0.2) is 0 Å². The first-order valence-electron chi connectivity index (χ1n) is 12.2. The molecule has 7 heteroatoms.